The molecule has 8 heteroatoms. The molecule has 2 aromatic carbocycles. The molecule has 0 radical (unpaired) electrons. The molecule has 3 rings (SSSR count). The third kappa shape index (κ3) is 3.75. The number of anilines is 1. The molecule has 1 amide bonds. The summed E-state index contributed by atoms with van der Waals surface area (Å²) < 4.78 is 1.14. The van der Waals surface area contributed by atoms with E-state index in [9.17, 15) is 14.4 Å². The Kier molecular flexibility index (Phi) is 4.92. The molecule has 0 saturated heterocycles. The van der Waals surface area contributed by atoms with E-state index in [1.54, 1.807) is 36.4 Å². The summed E-state index contributed by atoms with van der Waals surface area (Å²) in [7, 11) is 0. The minimum Gasteiger partial charge on any atom is -0.326 e. The van der Waals surface area contributed by atoms with Gasteiger partial charge in [-0.05, 0) is 30.3 Å². The fourth-order valence-corrected chi connectivity index (χ4v) is 2.71. The van der Waals surface area contributed by atoms with Gasteiger partial charge in [0.05, 0.1) is 27.4 Å². The van der Waals surface area contributed by atoms with Crippen molar-refractivity contribution in [1.82, 2.24) is 9.78 Å². The molecule has 0 saturated carbocycles. The lowest BCUT2D eigenvalue weighted by atomic mass is 10.2. The minimum atomic E-state index is -0.375. The molecule has 0 unspecified atom stereocenters. The molecule has 2 N–H and O–H groups in total. The molecule has 0 aliphatic heterocycles. The van der Waals surface area contributed by atoms with Gasteiger partial charge in [-0.15, -0.1) is 0 Å². The van der Waals surface area contributed by atoms with E-state index in [1.165, 1.54) is 6.07 Å². The SMILES string of the molecule is O=C(CCn1[nH]c(=O)c2ccccc2c1=O)Nc1ccc(Cl)c(Cl)c1. The first-order chi connectivity index (χ1) is 12.0. The maximum atomic E-state index is 12.4. The third-order valence-corrected chi connectivity index (χ3v) is 4.39. The number of aromatic amines is 1. The standard InChI is InChI=1S/C17H13Cl2N3O3/c18-13-6-5-10(9-14(13)19)20-15(23)7-8-22-17(25)12-4-2-1-3-11(12)16(24)21-22/h1-6,9H,7-8H2,(H,20,23)(H,21,24). The molecule has 1 heterocycles. The number of fused-ring (bicyclic) bond motifs is 1. The van der Waals surface area contributed by atoms with Crippen molar-refractivity contribution in [2.45, 2.75) is 13.0 Å². The van der Waals surface area contributed by atoms with Crippen LogP contribution in [0.2, 0.25) is 10.0 Å². The second-order valence-electron chi connectivity index (χ2n) is 5.37. The third-order valence-electron chi connectivity index (χ3n) is 3.65. The summed E-state index contributed by atoms with van der Waals surface area (Å²) in [6, 6.07) is 11.3. The number of nitrogens with zero attached hydrogens (tertiary/aromatic N) is 1. The van der Waals surface area contributed by atoms with Crippen molar-refractivity contribution in [3.8, 4) is 0 Å². The molecule has 128 valence electrons. The second-order valence-corrected chi connectivity index (χ2v) is 6.18. The molecule has 0 bridgehead atoms. The molecule has 3 aromatic rings. The first-order valence-electron chi connectivity index (χ1n) is 7.42. The fourth-order valence-electron chi connectivity index (χ4n) is 2.41. The topological polar surface area (TPSA) is 84.0 Å². The number of hydrogen-bond donors (Lipinski definition) is 2. The number of nitrogens with one attached hydrogen (secondary N) is 2. The number of H-pyrrole nitrogens is 1. The molecule has 0 fully saturated rings. The highest BCUT2D eigenvalue weighted by atomic mass is 35.5. The quantitative estimate of drug-likeness (QED) is 0.732. The second kappa shape index (κ2) is 7.13. The summed E-state index contributed by atoms with van der Waals surface area (Å²) in [5, 5.41) is 6.50. The van der Waals surface area contributed by atoms with Gasteiger partial charge in [-0.1, -0.05) is 35.3 Å². The number of carbonyl (C=O) groups is 1. The molecule has 25 heavy (non-hydrogen) atoms. The number of carbonyl (C=O) groups excluding carboxylic acids is 1. The molecule has 0 aliphatic carbocycles. The highest BCUT2D eigenvalue weighted by molar-refractivity contribution is 6.42. The number of hydrogen-bond acceptors (Lipinski definition) is 3. The Bertz CT molecular complexity index is 1070. The molecular formula is C17H13Cl2N3O3. The number of rotatable bonds is 4. The van der Waals surface area contributed by atoms with E-state index in [-0.39, 0.29) is 30.0 Å². The molecule has 0 atom stereocenters. The van der Waals surface area contributed by atoms with Gasteiger partial charge in [-0.2, -0.15) is 0 Å². The molecule has 1 aromatic heterocycles. The highest BCUT2D eigenvalue weighted by Gasteiger charge is 2.09. The van der Waals surface area contributed by atoms with Gasteiger partial charge in [0.25, 0.3) is 11.1 Å². The largest absolute Gasteiger partial charge is 0.326 e. The number of halogens is 2. The Morgan fingerprint density at radius 1 is 1.04 bits per heavy atom. The Morgan fingerprint density at radius 3 is 2.48 bits per heavy atom. The van der Waals surface area contributed by atoms with Crippen molar-refractivity contribution in [2.75, 3.05) is 5.32 Å². The predicted octanol–water partition coefficient (Wildman–Crippen LogP) is 3.03. The summed E-state index contributed by atoms with van der Waals surface area (Å²) in [6.07, 6.45) is 0.00837. The Hall–Kier alpha value is -2.57. The van der Waals surface area contributed by atoms with Gasteiger partial charge in [0, 0.05) is 12.1 Å². The number of aromatic nitrogens is 2. The van der Waals surface area contributed by atoms with Gasteiger partial charge in [-0.3, -0.25) is 19.5 Å². The van der Waals surface area contributed by atoms with E-state index in [1.807, 2.05) is 0 Å². The van der Waals surface area contributed by atoms with Crippen LogP contribution in [-0.4, -0.2) is 15.7 Å². The molecule has 6 nitrogen and oxygen atoms in total. The van der Waals surface area contributed by atoms with Crippen molar-refractivity contribution in [3.63, 3.8) is 0 Å². The lowest BCUT2D eigenvalue weighted by Crippen LogP contribution is -2.31. The summed E-state index contributed by atoms with van der Waals surface area (Å²) in [5.41, 5.74) is -0.226. The average Bonchev–Trinajstić information content (AvgIpc) is 2.60. The number of amides is 1. The Labute approximate surface area is 152 Å². The zero-order chi connectivity index (χ0) is 18.0. The van der Waals surface area contributed by atoms with Crippen molar-refractivity contribution >= 4 is 45.6 Å². The van der Waals surface area contributed by atoms with Crippen LogP contribution in [0.1, 0.15) is 6.42 Å². The molecule has 0 aliphatic rings. The van der Waals surface area contributed by atoms with Crippen LogP contribution in [0.5, 0.6) is 0 Å². The minimum absolute atomic E-state index is 0.00837. The van der Waals surface area contributed by atoms with Crippen LogP contribution in [-0.2, 0) is 11.3 Å². The van der Waals surface area contributed by atoms with Crippen LogP contribution < -0.4 is 16.4 Å². The lowest BCUT2D eigenvalue weighted by molar-refractivity contribution is -0.116. The Balaban J connectivity index is 1.75. The fraction of sp³-hybridized carbons (Fsp3) is 0.118. The molecular weight excluding hydrogens is 365 g/mol. The highest BCUT2D eigenvalue weighted by Crippen LogP contribution is 2.25. The van der Waals surface area contributed by atoms with Gasteiger partial charge in [0.1, 0.15) is 0 Å². The van der Waals surface area contributed by atoms with Gasteiger partial charge in [-0.25, -0.2) is 4.68 Å². The first kappa shape index (κ1) is 17.3. The van der Waals surface area contributed by atoms with E-state index in [0.717, 1.165) is 4.68 Å². The van der Waals surface area contributed by atoms with Gasteiger partial charge < -0.3 is 5.32 Å². The van der Waals surface area contributed by atoms with E-state index in [0.29, 0.717) is 26.5 Å². The van der Waals surface area contributed by atoms with Crippen LogP contribution in [0.4, 0.5) is 5.69 Å². The van der Waals surface area contributed by atoms with Gasteiger partial charge >= 0.3 is 0 Å². The average molecular weight is 378 g/mol. The van der Waals surface area contributed by atoms with Gasteiger partial charge in [0.2, 0.25) is 5.91 Å². The summed E-state index contributed by atoms with van der Waals surface area (Å²) in [4.78, 5) is 36.4. The first-order valence-corrected chi connectivity index (χ1v) is 8.18. The maximum Gasteiger partial charge on any atom is 0.273 e. The summed E-state index contributed by atoms with van der Waals surface area (Å²) >= 11 is 11.7. The normalized spacial score (nSPS) is 10.8. The van der Waals surface area contributed by atoms with Crippen LogP contribution in [0.15, 0.2) is 52.1 Å². The monoisotopic (exact) mass is 377 g/mol. The van der Waals surface area contributed by atoms with Crippen molar-refractivity contribution in [3.05, 3.63) is 73.2 Å². The summed E-state index contributed by atoms with van der Waals surface area (Å²) in [5.74, 6) is -0.320. The van der Waals surface area contributed by atoms with E-state index < -0.39 is 0 Å². The zero-order valence-electron chi connectivity index (χ0n) is 12.9. The van der Waals surface area contributed by atoms with Crippen LogP contribution in [0, 0.1) is 0 Å². The van der Waals surface area contributed by atoms with Gasteiger partial charge in [0.15, 0.2) is 0 Å². The lowest BCUT2D eigenvalue weighted by Gasteiger charge is -2.08. The van der Waals surface area contributed by atoms with Crippen molar-refractivity contribution < 1.29 is 4.79 Å². The maximum absolute atomic E-state index is 12.4. The van der Waals surface area contributed by atoms with E-state index in [4.69, 9.17) is 23.2 Å². The van der Waals surface area contributed by atoms with Crippen molar-refractivity contribution in [1.29, 1.82) is 0 Å². The van der Waals surface area contributed by atoms with E-state index in [2.05, 4.69) is 10.4 Å². The van der Waals surface area contributed by atoms with Crippen LogP contribution >= 0.6 is 23.2 Å². The van der Waals surface area contributed by atoms with Crippen LogP contribution in [0.25, 0.3) is 10.8 Å². The van der Waals surface area contributed by atoms with Crippen molar-refractivity contribution in [2.24, 2.45) is 0 Å². The predicted molar refractivity (Wildman–Crippen MR) is 98.5 cm³/mol. The van der Waals surface area contributed by atoms with Crippen LogP contribution in [0.3, 0.4) is 0 Å². The molecule has 0 spiro atoms. The smallest absolute Gasteiger partial charge is 0.273 e. The number of aryl methyl sites for hydroxylation is 1. The number of benzene rings is 2. The summed E-state index contributed by atoms with van der Waals surface area (Å²) in [6.45, 7) is 0.0477. The Morgan fingerprint density at radius 2 is 1.76 bits per heavy atom. The zero-order valence-corrected chi connectivity index (χ0v) is 14.4. The van der Waals surface area contributed by atoms with E-state index >= 15 is 0 Å².